The Balaban J connectivity index is 1.47. The van der Waals surface area contributed by atoms with Gasteiger partial charge in [0.15, 0.2) is 34.7 Å². The summed E-state index contributed by atoms with van der Waals surface area (Å²) in [5.74, 6) is -9.96. The molecule has 0 aliphatic heterocycles. The molecule has 2 aromatic rings. The first kappa shape index (κ1) is 26.7. The standard InChI is InChI=1S/C29H30N2O8/c1-2-14-7-16(12-31-11-13-3-5-18(32)6-4-13)24(34)22-19(14)9-15-8-17-10-20(33)23(28(30)38)27(37)29(17,39)26(36)21(15)25(22)35/h3-7,15,17,21,23,31-32,34,39H,2,8-12H2,1H3,(H2,30,38)/t15-,17+,21?,23?,29+/m1/s1. The minimum atomic E-state index is -2.66. The Labute approximate surface area is 224 Å². The van der Waals surface area contributed by atoms with E-state index in [2.05, 4.69) is 5.32 Å². The first-order valence-electron chi connectivity index (χ1n) is 13.0. The predicted octanol–water partition coefficient (Wildman–Crippen LogP) is 0.885. The van der Waals surface area contributed by atoms with E-state index in [9.17, 15) is 39.3 Å². The second-order valence-electron chi connectivity index (χ2n) is 10.8. The lowest BCUT2D eigenvalue weighted by atomic mass is 9.53. The maximum atomic E-state index is 13.8. The van der Waals surface area contributed by atoms with Gasteiger partial charge in [-0.3, -0.25) is 24.0 Å². The van der Waals surface area contributed by atoms with Crippen molar-refractivity contribution in [3.05, 3.63) is 58.1 Å². The number of Topliss-reactive ketones (excluding diaryl/α,β-unsaturated/α-hetero) is 4. The highest BCUT2D eigenvalue weighted by Gasteiger charge is 2.66. The molecular weight excluding hydrogens is 504 g/mol. The molecule has 39 heavy (non-hydrogen) atoms. The van der Waals surface area contributed by atoms with Crippen molar-refractivity contribution in [2.75, 3.05) is 0 Å². The number of ketones is 4. The molecule has 2 aromatic carbocycles. The van der Waals surface area contributed by atoms with Gasteiger partial charge >= 0.3 is 0 Å². The average Bonchev–Trinajstić information content (AvgIpc) is 2.88. The molecule has 6 N–H and O–H groups in total. The third kappa shape index (κ3) is 4.15. The van der Waals surface area contributed by atoms with Crippen molar-refractivity contribution in [2.45, 2.75) is 51.3 Å². The fourth-order valence-electron chi connectivity index (χ4n) is 6.58. The fraction of sp³-hybridized carbons (Fsp3) is 0.414. The number of hydrogen-bond donors (Lipinski definition) is 5. The number of carbonyl (C=O) groups is 5. The largest absolute Gasteiger partial charge is 0.508 e. The molecule has 0 radical (unpaired) electrons. The van der Waals surface area contributed by atoms with E-state index in [0.29, 0.717) is 24.1 Å². The van der Waals surface area contributed by atoms with E-state index >= 15 is 0 Å². The van der Waals surface area contributed by atoms with Crippen LogP contribution in [0.1, 0.15) is 52.4 Å². The molecule has 0 saturated heterocycles. The molecule has 0 heterocycles. The molecule has 0 spiro atoms. The van der Waals surface area contributed by atoms with Gasteiger partial charge in [-0.05, 0) is 54.0 Å². The summed E-state index contributed by atoms with van der Waals surface area (Å²) in [7, 11) is 0. The number of rotatable bonds is 6. The highest BCUT2D eigenvalue weighted by atomic mass is 16.3. The molecule has 2 saturated carbocycles. The molecule has 5 rings (SSSR count). The Hall–Kier alpha value is -3.89. The molecule has 2 unspecified atom stereocenters. The Morgan fingerprint density at radius 2 is 1.72 bits per heavy atom. The first-order valence-corrected chi connectivity index (χ1v) is 13.0. The van der Waals surface area contributed by atoms with Gasteiger partial charge in [-0.25, -0.2) is 0 Å². The van der Waals surface area contributed by atoms with E-state index in [1.807, 2.05) is 13.0 Å². The number of primary amides is 1. The van der Waals surface area contributed by atoms with E-state index in [1.54, 1.807) is 24.3 Å². The summed E-state index contributed by atoms with van der Waals surface area (Å²) in [5.41, 5.74) is 5.42. The van der Waals surface area contributed by atoms with Crippen LogP contribution in [0, 0.1) is 23.7 Å². The number of phenols is 2. The average molecular weight is 535 g/mol. The van der Waals surface area contributed by atoms with Crippen molar-refractivity contribution in [3.8, 4) is 11.5 Å². The highest BCUT2D eigenvalue weighted by molar-refractivity contribution is 6.31. The second kappa shape index (κ2) is 9.69. The van der Waals surface area contributed by atoms with E-state index in [0.717, 1.165) is 11.1 Å². The van der Waals surface area contributed by atoms with E-state index in [1.165, 1.54) is 0 Å². The number of amides is 1. The number of phenolic OH excluding ortho intramolecular Hbond substituents is 2. The molecule has 0 bridgehead atoms. The topological polar surface area (TPSA) is 184 Å². The van der Waals surface area contributed by atoms with E-state index < -0.39 is 58.3 Å². The number of carbonyl (C=O) groups excluding carboxylic acids is 5. The van der Waals surface area contributed by atoms with Crippen LogP contribution < -0.4 is 11.1 Å². The van der Waals surface area contributed by atoms with Gasteiger partial charge in [-0.2, -0.15) is 0 Å². The SMILES string of the molecule is CCc1cc(CNCc2ccc(O)cc2)c(O)c2c1C[C@H]1C[C@H]3CC(=O)C(C(N)=O)C(=O)[C@@]3(O)C(=O)C1C2=O. The maximum absolute atomic E-state index is 13.8. The summed E-state index contributed by atoms with van der Waals surface area (Å²) < 4.78 is 0. The van der Waals surface area contributed by atoms with E-state index in [-0.39, 0.29) is 42.9 Å². The molecule has 10 heteroatoms. The number of fused-ring (bicyclic) bond motifs is 3. The smallest absolute Gasteiger partial charge is 0.235 e. The third-order valence-electron chi connectivity index (χ3n) is 8.54. The van der Waals surface area contributed by atoms with E-state index in [4.69, 9.17) is 5.73 Å². The summed E-state index contributed by atoms with van der Waals surface area (Å²) in [6.45, 7) is 2.57. The van der Waals surface area contributed by atoms with Gasteiger partial charge in [0, 0.05) is 31.0 Å². The minimum absolute atomic E-state index is 0.0122. The van der Waals surface area contributed by atoms with Gasteiger partial charge in [-0.15, -0.1) is 0 Å². The summed E-state index contributed by atoms with van der Waals surface area (Å²) in [5, 5.41) is 35.2. The molecule has 204 valence electrons. The van der Waals surface area contributed by atoms with Crippen LogP contribution in [0.4, 0.5) is 0 Å². The van der Waals surface area contributed by atoms with Crippen molar-refractivity contribution < 1.29 is 39.3 Å². The quantitative estimate of drug-likeness (QED) is 0.336. The number of aryl methyl sites for hydroxylation is 1. The van der Waals surface area contributed by atoms with Gasteiger partial charge in [0.1, 0.15) is 11.5 Å². The van der Waals surface area contributed by atoms with Crippen LogP contribution in [-0.2, 0) is 45.1 Å². The molecule has 2 fully saturated rings. The Kier molecular flexibility index (Phi) is 6.64. The van der Waals surface area contributed by atoms with Gasteiger partial charge in [-0.1, -0.05) is 25.1 Å². The number of benzene rings is 2. The normalized spacial score (nSPS) is 28.1. The van der Waals surface area contributed by atoms with Crippen LogP contribution >= 0.6 is 0 Å². The van der Waals surface area contributed by atoms with Crippen LogP contribution in [0.15, 0.2) is 30.3 Å². The molecule has 5 atom stereocenters. The Morgan fingerprint density at radius 3 is 2.36 bits per heavy atom. The highest BCUT2D eigenvalue weighted by Crippen LogP contribution is 2.50. The van der Waals surface area contributed by atoms with Gasteiger partial charge < -0.3 is 26.4 Å². The summed E-state index contributed by atoms with van der Waals surface area (Å²) in [6.07, 6.45) is 0.546. The second-order valence-corrected chi connectivity index (χ2v) is 10.8. The van der Waals surface area contributed by atoms with Crippen molar-refractivity contribution in [1.29, 1.82) is 0 Å². The lowest BCUT2D eigenvalue weighted by molar-refractivity contribution is -0.175. The molecule has 3 aliphatic carbocycles. The fourth-order valence-corrected chi connectivity index (χ4v) is 6.58. The van der Waals surface area contributed by atoms with Crippen LogP contribution in [0.25, 0.3) is 0 Å². The van der Waals surface area contributed by atoms with Crippen LogP contribution in [0.5, 0.6) is 11.5 Å². The number of aliphatic hydroxyl groups is 1. The zero-order valence-corrected chi connectivity index (χ0v) is 21.4. The number of aromatic hydroxyl groups is 2. The number of nitrogens with one attached hydrogen (secondary N) is 1. The van der Waals surface area contributed by atoms with Gasteiger partial charge in [0.05, 0.1) is 11.5 Å². The minimum Gasteiger partial charge on any atom is -0.508 e. The lowest BCUT2D eigenvalue weighted by Crippen LogP contribution is -2.68. The maximum Gasteiger partial charge on any atom is 0.235 e. The summed E-state index contributed by atoms with van der Waals surface area (Å²) in [4.78, 5) is 64.8. The van der Waals surface area contributed by atoms with Crippen LogP contribution in [-0.4, -0.2) is 50.0 Å². The predicted molar refractivity (Wildman–Crippen MR) is 137 cm³/mol. The zero-order valence-electron chi connectivity index (χ0n) is 21.4. The molecule has 1 amide bonds. The molecular formula is C29H30N2O8. The molecule has 0 aromatic heterocycles. The summed E-state index contributed by atoms with van der Waals surface area (Å²) in [6, 6.07) is 8.47. The number of hydrogen-bond acceptors (Lipinski definition) is 9. The number of nitrogens with two attached hydrogens (primary N) is 1. The molecule has 3 aliphatic rings. The summed E-state index contributed by atoms with van der Waals surface area (Å²) >= 11 is 0. The van der Waals surface area contributed by atoms with Crippen molar-refractivity contribution in [3.63, 3.8) is 0 Å². The van der Waals surface area contributed by atoms with Gasteiger partial charge in [0.25, 0.3) is 0 Å². The Morgan fingerprint density at radius 1 is 1.03 bits per heavy atom. The van der Waals surface area contributed by atoms with Crippen LogP contribution in [0.2, 0.25) is 0 Å². The monoisotopic (exact) mass is 534 g/mol. The molecule has 10 nitrogen and oxygen atoms in total. The van der Waals surface area contributed by atoms with Gasteiger partial charge in [0.2, 0.25) is 5.91 Å². The lowest BCUT2D eigenvalue weighted by Gasteiger charge is -2.48. The van der Waals surface area contributed by atoms with Crippen molar-refractivity contribution in [1.82, 2.24) is 5.32 Å². The Bertz CT molecular complexity index is 1420. The third-order valence-corrected chi connectivity index (χ3v) is 8.54. The first-order chi connectivity index (χ1) is 18.5. The van der Waals surface area contributed by atoms with Crippen LogP contribution in [0.3, 0.4) is 0 Å². The van der Waals surface area contributed by atoms with Crippen molar-refractivity contribution in [2.24, 2.45) is 29.4 Å². The van der Waals surface area contributed by atoms with Crippen molar-refractivity contribution >= 4 is 29.0 Å². The zero-order chi connectivity index (χ0) is 28.2.